The van der Waals surface area contributed by atoms with Crippen LogP contribution in [-0.4, -0.2) is 66.2 Å². The summed E-state index contributed by atoms with van der Waals surface area (Å²) in [4.78, 5) is 25.8. The zero-order valence-corrected chi connectivity index (χ0v) is 11.1. The minimum atomic E-state index is -1.07. The van der Waals surface area contributed by atoms with Gasteiger partial charge >= 0.3 is 12.0 Å². The standard InChI is InChI=1S/C13H21N3O3/c1-2-7-16(11-12(17)18)13(19)14-6-5-10-15-8-3-4-9-15/h1H,3-11H2,(H,14,19)(H,17,18). The maximum absolute atomic E-state index is 11.7. The molecular formula is C13H21N3O3. The van der Waals surface area contributed by atoms with Crippen molar-refractivity contribution in [2.45, 2.75) is 19.3 Å². The highest BCUT2D eigenvalue weighted by atomic mass is 16.4. The summed E-state index contributed by atoms with van der Waals surface area (Å²) in [5.74, 6) is 1.22. The van der Waals surface area contributed by atoms with Gasteiger partial charge in [0.1, 0.15) is 6.54 Å². The number of urea groups is 1. The highest BCUT2D eigenvalue weighted by Crippen LogP contribution is 2.06. The predicted molar refractivity (Wildman–Crippen MR) is 71.7 cm³/mol. The molecule has 1 fully saturated rings. The van der Waals surface area contributed by atoms with E-state index in [-0.39, 0.29) is 13.1 Å². The third-order valence-corrected chi connectivity index (χ3v) is 3.02. The van der Waals surface area contributed by atoms with Gasteiger partial charge in [0, 0.05) is 6.54 Å². The number of carbonyl (C=O) groups excluding carboxylic acids is 1. The van der Waals surface area contributed by atoms with Crippen LogP contribution in [0.25, 0.3) is 0 Å². The molecule has 106 valence electrons. The molecule has 0 aliphatic carbocycles. The molecule has 0 radical (unpaired) electrons. The number of carboxylic acid groups (broad SMARTS) is 1. The molecule has 1 aliphatic heterocycles. The summed E-state index contributed by atoms with van der Waals surface area (Å²) in [6.45, 7) is 3.41. The Morgan fingerprint density at radius 3 is 2.63 bits per heavy atom. The first-order valence-corrected chi connectivity index (χ1v) is 6.54. The van der Waals surface area contributed by atoms with E-state index in [9.17, 15) is 9.59 Å². The van der Waals surface area contributed by atoms with E-state index < -0.39 is 12.0 Å². The average Bonchev–Trinajstić information content (AvgIpc) is 2.86. The Morgan fingerprint density at radius 2 is 2.05 bits per heavy atom. The van der Waals surface area contributed by atoms with Crippen LogP contribution < -0.4 is 5.32 Å². The number of aliphatic carboxylic acids is 1. The quantitative estimate of drug-likeness (QED) is 0.510. The van der Waals surface area contributed by atoms with Crippen LogP contribution in [0, 0.1) is 12.3 Å². The molecule has 0 atom stereocenters. The first-order valence-electron chi connectivity index (χ1n) is 6.54. The van der Waals surface area contributed by atoms with Gasteiger partial charge in [0.15, 0.2) is 0 Å². The topological polar surface area (TPSA) is 72.9 Å². The van der Waals surface area contributed by atoms with E-state index in [0.29, 0.717) is 6.54 Å². The Balaban J connectivity index is 2.19. The molecule has 0 bridgehead atoms. The fraction of sp³-hybridized carbons (Fsp3) is 0.692. The molecule has 19 heavy (non-hydrogen) atoms. The fourth-order valence-corrected chi connectivity index (χ4v) is 2.09. The summed E-state index contributed by atoms with van der Waals surface area (Å²) in [5.41, 5.74) is 0. The zero-order valence-electron chi connectivity index (χ0n) is 11.1. The Hall–Kier alpha value is -1.74. The molecule has 2 N–H and O–H groups in total. The summed E-state index contributed by atoms with van der Waals surface area (Å²) in [5, 5.41) is 11.4. The van der Waals surface area contributed by atoms with Crippen molar-refractivity contribution >= 4 is 12.0 Å². The number of hydrogen-bond acceptors (Lipinski definition) is 3. The van der Waals surface area contributed by atoms with E-state index in [0.717, 1.165) is 31.0 Å². The lowest BCUT2D eigenvalue weighted by atomic mass is 10.4. The van der Waals surface area contributed by atoms with Gasteiger partial charge in [-0.3, -0.25) is 4.79 Å². The molecular weight excluding hydrogens is 246 g/mol. The summed E-state index contributed by atoms with van der Waals surface area (Å²) < 4.78 is 0. The number of likely N-dealkylation sites (tertiary alicyclic amines) is 1. The van der Waals surface area contributed by atoms with Crippen LogP contribution in [0.5, 0.6) is 0 Å². The van der Waals surface area contributed by atoms with Crippen molar-refractivity contribution in [2.75, 3.05) is 39.3 Å². The second kappa shape index (κ2) is 8.38. The summed E-state index contributed by atoms with van der Waals surface area (Å²) in [6.07, 6.45) is 8.47. The van der Waals surface area contributed by atoms with Crippen LogP contribution in [0.1, 0.15) is 19.3 Å². The molecule has 0 aromatic heterocycles. The van der Waals surface area contributed by atoms with Gasteiger partial charge in [0.25, 0.3) is 0 Å². The third-order valence-electron chi connectivity index (χ3n) is 3.02. The number of amides is 2. The number of hydrogen-bond donors (Lipinski definition) is 2. The molecule has 2 amide bonds. The highest BCUT2D eigenvalue weighted by molar-refractivity contribution is 5.80. The summed E-state index contributed by atoms with van der Waals surface area (Å²) >= 11 is 0. The molecule has 1 heterocycles. The van der Waals surface area contributed by atoms with Crippen molar-refractivity contribution in [2.24, 2.45) is 0 Å². The predicted octanol–water partition coefficient (Wildman–Crippen LogP) is 0.202. The normalized spacial score (nSPS) is 14.9. The van der Waals surface area contributed by atoms with Crippen molar-refractivity contribution in [1.29, 1.82) is 0 Å². The van der Waals surface area contributed by atoms with Crippen molar-refractivity contribution in [1.82, 2.24) is 15.1 Å². The molecule has 1 aliphatic rings. The zero-order chi connectivity index (χ0) is 14.1. The van der Waals surface area contributed by atoms with Crippen molar-refractivity contribution in [3.8, 4) is 12.3 Å². The summed E-state index contributed by atoms with van der Waals surface area (Å²) in [7, 11) is 0. The van der Waals surface area contributed by atoms with Crippen LogP contribution in [0.15, 0.2) is 0 Å². The molecule has 6 heteroatoms. The minimum absolute atomic E-state index is 0.00422. The Bertz CT molecular complexity index is 346. The molecule has 6 nitrogen and oxygen atoms in total. The number of nitrogens with one attached hydrogen (secondary N) is 1. The van der Waals surface area contributed by atoms with Crippen LogP contribution >= 0.6 is 0 Å². The van der Waals surface area contributed by atoms with Crippen molar-refractivity contribution < 1.29 is 14.7 Å². The van der Waals surface area contributed by atoms with Crippen LogP contribution in [0.4, 0.5) is 4.79 Å². The monoisotopic (exact) mass is 267 g/mol. The minimum Gasteiger partial charge on any atom is -0.480 e. The molecule has 1 saturated heterocycles. The van der Waals surface area contributed by atoms with E-state index in [1.165, 1.54) is 12.8 Å². The van der Waals surface area contributed by atoms with E-state index in [2.05, 4.69) is 16.1 Å². The van der Waals surface area contributed by atoms with Gasteiger partial charge in [-0.2, -0.15) is 0 Å². The van der Waals surface area contributed by atoms with Gasteiger partial charge in [-0.1, -0.05) is 5.92 Å². The molecule has 1 rings (SSSR count). The second-order valence-electron chi connectivity index (χ2n) is 4.59. The van der Waals surface area contributed by atoms with E-state index in [4.69, 9.17) is 11.5 Å². The lowest BCUT2D eigenvalue weighted by Gasteiger charge is -2.19. The van der Waals surface area contributed by atoms with Crippen LogP contribution in [0.3, 0.4) is 0 Å². The van der Waals surface area contributed by atoms with Gasteiger partial charge in [-0.25, -0.2) is 4.79 Å². The highest BCUT2D eigenvalue weighted by Gasteiger charge is 2.15. The second-order valence-corrected chi connectivity index (χ2v) is 4.59. The van der Waals surface area contributed by atoms with Gasteiger partial charge < -0.3 is 20.2 Å². The van der Waals surface area contributed by atoms with Crippen LogP contribution in [-0.2, 0) is 4.79 Å². The SMILES string of the molecule is C#CCN(CC(=O)O)C(=O)NCCCN1CCCC1. The van der Waals surface area contributed by atoms with Crippen molar-refractivity contribution in [3.63, 3.8) is 0 Å². The fourth-order valence-electron chi connectivity index (χ4n) is 2.09. The van der Waals surface area contributed by atoms with E-state index in [1.807, 2.05) is 0 Å². The van der Waals surface area contributed by atoms with E-state index >= 15 is 0 Å². The van der Waals surface area contributed by atoms with Gasteiger partial charge in [-0.15, -0.1) is 6.42 Å². The number of terminal acetylenes is 1. The van der Waals surface area contributed by atoms with E-state index in [1.54, 1.807) is 0 Å². The molecule has 0 unspecified atom stereocenters. The first kappa shape index (κ1) is 15.3. The maximum atomic E-state index is 11.7. The molecule has 0 spiro atoms. The molecule has 0 aromatic carbocycles. The van der Waals surface area contributed by atoms with Gasteiger partial charge in [0.05, 0.1) is 6.54 Å². The number of carbonyl (C=O) groups is 2. The number of rotatable bonds is 7. The van der Waals surface area contributed by atoms with Crippen molar-refractivity contribution in [3.05, 3.63) is 0 Å². The smallest absolute Gasteiger partial charge is 0.323 e. The Morgan fingerprint density at radius 1 is 1.37 bits per heavy atom. The average molecular weight is 267 g/mol. The van der Waals surface area contributed by atoms with Gasteiger partial charge in [-0.05, 0) is 38.9 Å². The van der Waals surface area contributed by atoms with Gasteiger partial charge in [0.2, 0.25) is 0 Å². The number of nitrogens with zero attached hydrogens (tertiary/aromatic N) is 2. The molecule has 0 saturated carbocycles. The third kappa shape index (κ3) is 6.11. The first-order chi connectivity index (χ1) is 9.13. The Kier molecular flexibility index (Phi) is 6.75. The van der Waals surface area contributed by atoms with Crippen LogP contribution in [0.2, 0.25) is 0 Å². The molecule has 0 aromatic rings. The Labute approximate surface area is 113 Å². The lowest BCUT2D eigenvalue weighted by Crippen LogP contribution is -2.43. The number of carboxylic acids is 1. The summed E-state index contributed by atoms with van der Waals surface area (Å²) in [6, 6.07) is -0.415. The lowest BCUT2D eigenvalue weighted by molar-refractivity contribution is -0.137. The maximum Gasteiger partial charge on any atom is 0.323 e. The largest absolute Gasteiger partial charge is 0.480 e.